The van der Waals surface area contributed by atoms with Crippen LogP contribution in [0.3, 0.4) is 0 Å². The van der Waals surface area contributed by atoms with Gasteiger partial charge in [-0.15, -0.1) is 0 Å². The molecule has 0 saturated carbocycles. The zero-order valence-electron chi connectivity index (χ0n) is 44.7. The van der Waals surface area contributed by atoms with Crippen molar-refractivity contribution in [2.24, 2.45) is 0 Å². The maximum atomic E-state index is 12.8. The third-order valence-corrected chi connectivity index (χ3v) is 13.1. The van der Waals surface area contributed by atoms with Gasteiger partial charge in [-0.3, -0.25) is 9.59 Å². The monoisotopic (exact) mass is 927 g/mol. The topological polar surface area (TPSA) is 61.8 Å². The molecule has 0 aromatic carbocycles. The fourth-order valence-corrected chi connectivity index (χ4v) is 8.70. The number of carbonyl (C=O) groups is 2. The number of esters is 2. The minimum atomic E-state index is -0.538. The van der Waals surface area contributed by atoms with E-state index in [0.29, 0.717) is 19.4 Å². The van der Waals surface area contributed by atoms with Crippen molar-refractivity contribution in [3.05, 3.63) is 36.5 Å². The van der Waals surface area contributed by atoms with E-state index in [2.05, 4.69) is 57.2 Å². The zero-order chi connectivity index (χ0) is 47.7. The number of hydrogen-bond donors (Lipinski definition) is 0. The van der Waals surface area contributed by atoms with Crippen molar-refractivity contribution in [2.75, 3.05) is 19.8 Å². The molecule has 1 atom stereocenters. The Hall–Kier alpha value is -1.88. The van der Waals surface area contributed by atoms with Crippen molar-refractivity contribution in [1.82, 2.24) is 0 Å². The fraction of sp³-hybridized carbons (Fsp3) is 0.869. The van der Waals surface area contributed by atoms with Crippen LogP contribution in [-0.4, -0.2) is 37.9 Å². The summed E-state index contributed by atoms with van der Waals surface area (Å²) in [4.78, 5) is 25.5. The molecule has 0 N–H and O–H groups in total. The molecular formula is C61H114O5. The third kappa shape index (κ3) is 54.7. The summed E-state index contributed by atoms with van der Waals surface area (Å²) in [5, 5.41) is 0. The molecule has 0 aliphatic heterocycles. The molecule has 0 saturated heterocycles. The van der Waals surface area contributed by atoms with Gasteiger partial charge < -0.3 is 14.2 Å². The lowest BCUT2D eigenvalue weighted by atomic mass is 10.0. The fourth-order valence-electron chi connectivity index (χ4n) is 8.70. The van der Waals surface area contributed by atoms with Gasteiger partial charge in [0.15, 0.2) is 6.10 Å². The molecule has 0 radical (unpaired) electrons. The average Bonchev–Trinajstić information content (AvgIpc) is 3.32. The average molecular weight is 928 g/mol. The van der Waals surface area contributed by atoms with Crippen LogP contribution in [0, 0.1) is 0 Å². The normalized spacial score (nSPS) is 12.3. The minimum Gasteiger partial charge on any atom is -0.462 e. The maximum absolute atomic E-state index is 12.8. The summed E-state index contributed by atoms with van der Waals surface area (Å²) in [5.41, 5.74) is 0. The number of hydrogen-bond acceptors (Lipinski definition) is 5. The summed E-state index contributed by atoms with van der Waals surface area (Å²) in [5.74, 6) is -0.391. The third-order valence-electron chi connectivity index (χ3n) is 13.1. The van der Waals surface area contributed by atoms with Gasteiger partial charge in [-0.2, -0.15) is 0 Å². The molecular weight excluding hydrogens is 813 g/mol. The van der Waals surface area contributed by atoms with Crippen LogP contribution in [-0.2, 0) is 23.8 Å². The molecule has 0 heterocycles. The molecule has 0 aliphatic rings. The highest BCUT2D eigenvalue weighted by Crippen LogP contribution is 2.17. The van der Waals surface area contributed by atoms with Crippen LogP contribution in [0.4, 0.5) is 0 Å². The number of carbonyl (C=O) groups excluding carboxylic acids is 2. The van der Waals surface area contributed by atoms with E-state index in [1.807, 2.05) is 0 Å². The van der Waals surface area contributed by atoms with Crippen LogP contribution in [0.2, 0.25) is 0 Å². The molecule has 66 heavy (non-hydrogen) atoms. The van der Waals surface area contributed by atoms with E-state index in [1.165, 1.54) is 225 Å². The molecule has 0 aromatic heterocycles. The molecule has 0 bridgehead atoms. The first kappa shape index (κ1) is 64.1. The SMILES string of the molecule is CCCC/C=C\CCCCCCCC(=O)OC(COCCCCCCCCCCCC/C=C\C/C=C\CCCCC)COC(=O)CCCCCCCCCCCCCCCCCCCCC. The second-order valence-corrected chi connectivity index (χ2v) is 19.9. The van der Waals surface area contributed by atoms with Gasteiger partial charge in [0, 0.05) is 19.4 Å². The highest BCUT2D eigenvalue weighted by molar-refractivity contribution is 5.70. The Labute approximate surface area is 412 Å². The molecule has 0 aromatic rings. The second-order valence-electron chi connectivity index (χ2n) is 19.9. The van der Waals surface area contributed by atoms with E-state index in [4.69, 9.17) is 14.2 Å². The van der Waals surface area contributed by atoms with Gasteiger partial charge in [0.2, 0.25) is 0 Å². The molecule has 5 nitrogen and oxygen atoms in total. The van der Waals surface area contributed by atoms with Crippen molar-refractivity contribution in [3.63, 3.8) is 0 Å². The lowest BCUT2D eigenvalue weighted by molar-refractivity contribution is -0.163. The van der Waals surface area contributed by atoms with Crippen molar-refractivity contribution in [2.45, 2.75) is 322 Å². The molecule has 388 valence electrons. The number of unbranched alkanes of at least 4 members (excludes halogenated alkanes) is 38. The Balaban J connectivity index is 4.15. The van der Waals surface area contributed by atoms with Crippen molar-refractivity contribution >= 4 is 11.9 Å². The van der Waals surface area contributed by atoms with Gasteiger partial charge in [-0.05, 0) is 70.6 Å². The van der Waals surface area contributed by atoms with Gasteiger partial charge in [-0.1, -0.05) is 269 Å². The smallest absolute Gasteiger partial charge is 0.306 e. The van der Waals surface area contributed by atoms with Gasteiger partial charge in [0.05, 0.1) is 6.61 Å². The first-order chi connectivity index (χ1) is 32.6. The Morgan fingerprint density at radius 3 is 1.09 bits per heavy atom. The Kier molecular flexibility index (Phi) is 55.8. The van der Waals surface area contributed by atoms with Gasteiger partial charge in [0.1, 0.15) is 6.61 Å². The molecule has 1 unspecified atom stereocenters. The summed E-state index contributed by atoms with van der Waals surface area (Å²) >= 11 is 0. The van der Waals surface area contributed by atoms with Gasteiger partial charge in [-0.25, -0.2) is 0 Å². The van der Waals surface area contributed by atoms with E-state index in [1.54, 1.807) is 0 Å². The first-order valence-corrected chi connectivity index (χ1v) is 29.5. The highest BCUT2D eigenvalue weighted by Gasteiger charge is 2.17. The molecule has 5 heteroatoms. The van der Waals surface area contributed by atoms with Crippen LogP contribution in [0.25, 0.3) is 0 Å². The Bertz CT molecular complexity index is 1050. The zero-order valence-corrected chi connectivity index (χ0v) is 44.7. The molecule has 0 aliphatic carbocycles. The predicted octanol–water partition coefficient (Wildman–Crippen LogP) is 20.1. The minimum absolute atomic E-state index is 0.0863. The van der Waals surface area contributed by atoms with E-state index in [9.17, 15) is 9.59 Å². The van der Waals surface area contributed by atoms with Gasteiger partial charge >= 0.3 is 11.9 Å². The standard InChI is InChI=1S/C61H114O5/c1-4-7-10-13-16-19-22-24-26-28-30-32-34-36-38-41-44-47-50-53-56-64-57-59(66-61(63)55-52-49-46-43-39-21-18-15-12-9-6-3)58-65-60(62)54-51-48-45-42-40-37-35-33-31-29-27-25-23-20-17-14-11-8-5-2/h15-16,18-19,24,26,59H,4-14,17,20-23,25,27-58H2,1-3H3/b18-15-,19-16-,26-24-. The van der Waals surface area contributed by atoms with E-state index < -0.39 is 6.10 Å². The van der Waals surface area contributed by atoms with Crippen LogP contribution < -0.4 is 0 Å². The molecule has 0 spiro atoms. The number of rotatable bonds is 55. The van der Waals surface area contributed by atoms with E-state index in [0.717, 1.165) is 57.8 Å². The summed E-state index contributed by atoms with van der Waals surface area (Å²) in [6.45, 7) is 7.81. The largest absolute Gasteiger partial charge is 0.462 e. The van der Waals surface area contributed by atoms with Gasteiger partial charge in [0.25, 0.3) is 0 Å². The van der Waals surface area contributed by atoms with Crippen LogP contribution in [0.5, 0.6) is 0 Å². The molecule has 0 amide bonds. The lowest BCUT2D eigenvalue weighted by Gasteiger charge is -2.18. The highest BCUT2D eigenvalue weighted by atomic mass is 16.6. The van der Waals surface area contributed by atoms with Crippen LogP contribution in [0.1, 0.15) is 316 Å². The van der Waals surface area contributed by atoms with E-state index >= 15 is 0 Å². The number of allylic oxidation sites excluding steroid dienone is 6. The summed E-state index contributed by atoms with van der Waals surface area (Å²) in [6, 6.07) is 0. The van der Waals surface area contributed by atoms with Crippen LogP contribution in [0.15, 0.2) is 36.5 Å². The molecule has 0 rings (SSSR count). The second kappa shape index (κ2) is 57.4. The Morgan fingerprint density at radius 1 is 0.333 bits per heavy atom. The van der Waals surface area contributed by atoms with Crippen molar-refractivity contribution in [1.29, 1.82) is 0 Å². The summed E-state index contributed by atoms with van der Waals surface area (Å²) in [7, 11) is 0. The first-order valence-electron chi connectivity index (χ1n) is 29.5. The lowest BCUT2D eigenvalue weighted by Crippen LogP contribution is -2.30. The van der Waals surface area contributed by atoms with Crippen molar-refractivity contribution < 1.29 is 23.8 Å². The van der Waals surface area contributed by atoms with E-state index in [-0.39, 0.29) is 25.2 Å². The Morgan fingerprint density at radius 2 is 0.652 bits per heavy atom. The quantitative estimate of drug-likeness (QED) is 0.0345. The summed E-state index contributed by atoms with van der Waals surface area (Å²) < 4.78 is 17.5. The summed E-state index contributed by atoms with van der Waals surface area (Å²) in [6.07, 6.45) is 70.3. The molecule has 0 fully saturated rings. The predicted molar refractivity (Wildman–Crippen MR) is 288 cm³/mol. The number of ether oxygens (including phenoxy) is 3. The van der Waals surface area contributed by atoms with Crippen molar-refractivity contribution in [3.8, 4) is 0 Å². The maximum Gasteiger partial charge on any atom is 0.306 e. The van der Waals surface area contributed by atoms with Crippen LogP contribution >= 0.6 is 0 Å².